The minimum Gasteiger partial charge on any atom is -0.497 e. The molecule has 1 aromatic carbocycles. The quantitative estimate of drug-likeness (QED) is 0.590. The van der Waals surface area contributed by atoms with E-state index in [9.17, 15) is 13.2 Å². The molecule has 1 heterocycles. The Kier molecular flexibility index (Phi) is 7.60. The molecule has 0 aliphatic heterocycles. The molecule has 0 radical (unpaired) electrons. The first-order valence-corrected chi connectivity index (χ1v) is 11.2. The molecule has 0 spiro atoms. The predicted octanol–water partition coefficient (Wildman–Crippen LogP) is 3.65. The Bertz CT molecular complexity index is 936. The van der Waals surface area contributed by atoms with Crippen molar-refractivity contribution < 1.29 is 22.7 Å². The third-order valence-electron chi connectivity index (χ3n) is 4.32. The molecule has 8 heteroatoms. The number of ether oxygens (including phenoxy) is 2. The van der Waals surface area contributed by atoms with Crippen LogP contribution >= 0.6 is 0 Å². The summed E-state index contributed by atoms with van der Waals surface area (Å²) in [5, 5.41) is 0. The van der Waals surface area contributed by atoms with Gasteiger partial charge in [0.1, 0.15) is 17.4 Å². The van der Waals surface area contributed by atoms with Gasteiger partial charge >= 0.3 is 5.97 Å². The van der Waals surface area contributed by atoms with Crippen molar-refractivity contribution >= 4 is 16.0 Å². The Morgan fingerprint density at radius 2 is 1.77 bits per heavy atom. The topological polar surface area (TPSA) is 85.8 Å². The summed E-state index contributed by atoms with van der Waals surface area (Å²) in [6.07, 6.45) is 3.20. The summed E-state index contributed by atoms with van der Waals surface area (Å²) in [5.74, 6) is -0.358. The minimum absolute atomic E-state index is 0.00963. The van der Waals surface area contributed by atoms with Gasteiger partial charge in [-0.15, -0.1) is 0 Å². The molecule has 0 amide bonds. The van der Waals surface area contributed by atoms with Crippen LogP contribution in [0.15, 0.2) is 53.7 Å². The molecule has 30 heavy (non-hydrogen) atoms. The van der Waals surface area contributed by atoms with Crippen LogP contribution in [0.3, 0.4) is 0 Å². The highest BCUT2D eigenvalue weighted by atomic mass is 32.2. The largest absolute Gasteiger partial charge is 0.497 e. The van der Waals surface area contributed by atoms with Crippen LogP contribution in [0.25, 0.3) is 0 Å². The van der Waals surface area contributed by atoms with E-state index in [1.807, 2.05) is 0 Å². The average Bonchev–Trinajstić information content (AvgIpc) is 2.66. The van der Waals surface area contributed by atoms with E-state index < -0.39 is 27.6 Å². The Labute approximate surface area is 179 Å². The van der Waals surface area contributed by atoms with Crippen molar-refractivity contribution in [2.45, 2.75) is 57.7 Å². The zero-order chi connectivity index (χ0) is 22.5. The predicted molar refractivity (Wildman–Crippen MR) is 114 cm³/mol. The molecule has 0 saturated heterocycles. The molecule has 1 aromatic heterocycles. The molecular weight excluding hydrogens is 404 g/mol. The monoisotopic (exact) mass is 434 g/mol. The van der Waals surface area contributed by atoms with E-state index in [-0.39, 0.29) is 17.4 Å². The van der Waals surface area contributed by atoms with Gasteiger partial charge in [-0.1, -0.05) is 19.9 Å². The third-order valence-corrected chi connectivity index (χ3v) is 6.16. The van der Waals surface area contributed by atoms with Gasteiger partial charge in [-0.2, -0.15) is 4.31 Å². The zero-order valence-electron chi connectivity index (χ0n) is 18.3. The summed E-state index contributed by atoms with van der Waals surface area (Å²) >= 11 is 0. The van der Waals surface area contributed by atoms with Crippen LogP contribution in [0.4, 0.5) is 0 Å². The van der Waals surface area contributed by atoms with E-state index in [1.165, 1.54) is 23.5 Å². The molecule has 0 saturated carbocycles. The average molecular weight is 435 g/mol. The van der Waals surface area contributed by atoms with Gasteiger partial charge in [0.2, 0.25) is 10.0 Å². The number of aromatic nitrogens is 1. The molecule has 0 N–H and O–H groups in total. The normalized spacial score (nSPS) is 13.3. The second-order valence-corrected chi connectivity index (χ2v) is 10.2. The first-order chi connectivity index (χ1) is 14.0. The van der Waals surface area contributed by atoms with E-state index >= 15 is 0 Å². The SMILES string of the molecule is COc1ccc(S(=O)(=O)N(Cc2cccnc2)[C@H](C(=O)OC(C)(C)C)C(C)C)cc1. The number of pyridine rings is 1. The molecular formula is C22H30N2O5S. The lowest BCUT2D eigenvalue weighted by atomic mass is 10.0. The van der Waals surface area contributed by atoms with Gasteiger partial charge in [0.05, 0.1) is 12.0 Å². The third kappa shape index (κ3) is 6.03. The van der Waals surface area contributed by atoms with Crippen molar-refractivity contribution in [3.63, 3.8) is 0 Å². The molecule has 0 aliphatic rings. The first kappa shape index (κ1) is 23.8. The molecule has 164 valence electrons. The van der Waals surface area contributed by atoms with Crippen molar-refractivity contribution in [3.8, 4) is 5.75 Å². The maximum atomic E-state index is 13.6. The summed E-state index contributed by atoms with van der Waals surface area (Å²) in [4.78, 5) is 17.2. The fraction of sp³-hybridized carbons (Fsp3) is 0.455. The lowest BCUT2D eigenvalue weighted by Gasteiger charge is -2.34. The second-order valence-electron chi connectivity index (χ2n) is 8.31. The van der Waals surface area contributed by atoms with Crippen LogP contribution in [0, 0.1) is 5.92 Å². The molecule has 0 bridgehead atoms. The Morgan fingerprint density at radius 3 is 2.23 bits per heavy atom. The first-order valence-electron chi connectivity index (χ1n) is 9.73. The van der Waals surface area contributed by atoms with Crippen molar-refractivity contribution in [2.24, 2.45) is 5.92 Å². The fourth-order valence-corrected chi connectivity index (χ4v) is 4.67. The molecule has 0 fully saturated rings. The summed E-state index contributed by atoms with van der Waals surface area (Å²) in [6, 6.07) is 8.59. The van der Waals surface area contributed by atoms with Gasteiger partial charge in [0, 0.05) is 18.9 Å². The van der Waals surface area contributed by atoms with Gasteiger partial charge in [-0.25, -0.2) is 8.42 Å². The number of methoxy groups -OCH3 is 1. The zero-order valence-corrected chi connectivity index (χ0v) is 19.1. The van der Waals surface area contributed by atoms with E-state index in [4.69, 9.17) is 9.47 Å². The summed E-state index contributed by atoms with van der Waals surface area (Å²) < 4.78 is 39.1. The maximum absolute atomic E-state index is 13.6. The molecule has 0 aliphatic carbocycles. The summed E-state index contributed by atoms with van der Waals surface area (Å²) in [6.45, 7) is 8.86. The Hall–Kier alpha value is -2.45. The Balaban J connectivity index is 2.55. The van der Waals surface area contributed by atoms with Crippen LogP contribution in [0.1, 0.15) is 40.2 Å². The van der Waals surface area contributed by atoms with Crippen molar-refractivity contribution in [2.75, 3.05) is 7.11 Å². The summed E-state index contributed by atoms with van der Waals surface area (Å²) in [7, 11) is -2.51. The molecule has 2 aromatic rings. The number of esters is 1. The van der Waals surface area contributed by atoms with Crippen LogP contribution in [0.2, 0.25) is 0 Å². The van der Waals surface area contributed by atoms with Gasteiger partial charge in [0.25, 0.3) is 0 Å². The smallest absolute Gasteiger partial charge is 0.325 e. The minimum atomic E-state index is -4.02. The Morgan fingerprint density at radius 1 is 1.13 bits per heavy atom. The van der Waals surface area contributed by atoms with Gasteiger partial charge in [-0.05, 0) is 62.6 Å². The number of nitrogens with zero attached hydrogens (tertiary/aromatic N) is 2. The number of carbonyl (C=O) groups excluding carboxylic acids is 1. The number of rotatable bonds is 8. The van der Waals surface area contributed by atoms with E-state index in [2.05, 4.69) is 4.98 Å². The van der Waals surface area contributed by atoms with Crippen LogP contribution in [-0.2, 0) is 26.1 Å². The van der Waals surface area contributed by atoms with Crippen molar-refractivity contribution in [3.05, 3.63) is 54.4 Å². The standard InChI is InChI=1S/C22H30N2O5S/c1-16(2)20(21(25)29-22(3,4)5)24(15-17-8-7-13-23-14-17)30(26,27)19-11-9-18(28-6)10-12-19/h7-14,16,20H,15H2,1-6H3/t20-/m0/s1. The van der Waals surface area contributed by atoms with Crippen LogP contribution < -0.4 is 4.74 Å². The number of sulfonamides is 1. The van der Waals surface area contributed by atoms with Crippen LogP contribution in [-0.4, -0.2) is 42.4 Å². The number of hydrogen-bond acceptors (Lipinski definition) is 6. The number of benzene rings is 1. The van der Waals surface area contributed by atoms with Crippen LogP contribution in [0.5, 0.6) is 5.75 Å². The maximum Gasteiger partial charge on any atom is 0.325 e. The van der Waals surface area contributed by atoms with Crippen molar-refractivity contribution in [1.29, 1.82) is 0 Å². The lowest BCUT2D eigenvalue weighted by molar-refractivity contribution is -0.161. The highest BCUT2D eigenvalue weighted by Crippen LogP contribution is 2.27. The van der Waals surface area contributed by atoms with E-state index in [1.54, 1.807) is 71.3 Å². The molecule has 0 unspecified atom stereocenters. The fourth-order valence-electron chi connectivity index (χ4n) is 2.97. The highest BCUT2D eigenvalue weighted by Gasteiger charge is 2.40. The highest BCUT2D eigenvalue weighted by molar-refractivity contribution is 7.89. The lowest BCUT2D eigenvalue weighted by Crippen LogP contribution is -2.49. The van der Waals surface area contributed by atoms with Crippen molar-refractivity contribution in [1.82, 2.24) is 9.29 Å². The van der Waals surface area contributed by atoms with Gasteiger partial charge in [0.15, 0.2) is 0 Å². The van der Waals surface area contributed by atoms with Gasteiger partial charge < -0.3 is 9.47 Å². The van der Waals surface area contributed by atoms with E-state index in [0.29, 0.717) is 11.3 Å². The number of hydrogen-bond donors (Lipinski definition) is 0. The summed E-state index contributed by atoms with van der Waals surface area (Å²) in [5.41, 5.74) is -0.0718. The molecule has 1 atom stereocenters. The van der Waals surface area contributed by atoms with Gasteiger partial charge in [-0.3, -0.25) is 9.78 Å². The molecule has 2 rings (SSSR count). The second kappa shape index (κ2) is 9.57. The number of carbonyl (C=O) groups is 1. The molecule has 7 nitrogen and oxygen atoms in total. The van der Waals surface area contributed by atoms with E-state index in [0.717, 1.165) is 0 Å².